The number of nitrogens with one attached hydrogen (secondary N) is 2. The van der Waals surface area contributed by atoms with Crippen molar-refractivity contribution in [2.24, 2.45) is 5.92 Å². The van der Waals surface area contributed by atoms with Gasteiger partial charge in [0, 0.05) is 24.2 Å². The molecule has 28 heavy (non-hydrogen) atoms. The van der Waals surface area contributed by atoms with E-state index in [1.165, 1.54) is 6.26 Å². The van der Waals surface area contributed by atoms with Crippen molar-refractivity contribution in [3.05, 3.63) is 36.2 Å². The molecule has 0 spiro atoms. The number of hydrogen-bond acceptors (Lipinski definition) is 5. The van der Waals surface area contributed by atoms with E-state index in [-0.39, 0.29) is 11.8 Å². The Morgan fingerprint density at radius 1 is 1.29 bits per heavy atom. The van der Waals surface area contributed by atoms with Crippen LogP contribution in [0.3, 0.4) is 0 Å². The molecule has 1 amide bonds. The molecule has 0 fully saturated rings. The van der Waals surface area contributed by atoms with Crippen LogP contribution in [0, 0.1) is 12.8 Å². The SMILES string of the molecule is Cc1cc(-c2ncco2)ccc1NC(=O)CCC(C)CNS(=O)(=O)C(C)(C)C. The highest BCUT2D eigenvalue weighted by Gasteiger charge is 2.28. The van der Waals surface area contributed by atoms with Gasteiger partial charge in [0.25, 0.3) is 0 Å². The molecule has 0 aliphatic heterocycles. The third-order valence-corrected chi connectivity index (χ3v) is 6.63. The molecule has 2 N–H and O–H groups in total. The van der Waals surface area contributed by atoms with E-state index in [1.54, 1.807) is 27.0 Å². The summed E-state index contributed by atoms with van der Waals surface area (Å²) in [6, 6.07) is 5.58. The largest absolute Gasteiger partial charge is 0.445 e. The maximum absolute atomic E-state index is 12.3. The van der Waals surface area contributed by atoms with E-state index in [1.807, 2.05) is 32.0 Å². The van der Waals surface area contributed by atoms with Crippen molar-refractivity contribution in [1.29, 1.82) is 0 Å². The summed E-state index contributed by atoms with van der Waals surface area (Å²) in [5.74, 6) is 0.487. The Labute approximate surface area is 167 Å². The van der Waals surface area contributed by atoms with E-state index < -0.39 is 14.8 Å². The number of hydrogen-bond donors (Lipinski definition) is 2. The maximum Gasteiger partial charge on any atom is 0.225 e. The molecule has 0 bridgehead atoms. The van der Waals surface area contributed by atoms with E-state index in [2.05, 4.69) is 15.0 Å². The quantitative estimate of drug-likeness (QED) is 0.694. The van der Waals surface area contributed by atoms with E-state index in [0.717, 1.165) is 16.8 Å². The van der Waals surface area contributed by atoms with Crippen molar-refractivity contribution in [1.82, 2.24) is 9.71 Å². The summed E-state index contributed by atoms with van der Waals surface area (Å²) in [7, 11) is -3.37. The van der Waals surface area contributed by atoms with Crippen LogP contribution in [0.2, 0.25) is 0 Å². The molecule has 154 valence electrons. The summed E-state index contributed by atoms with van der Waals surface area (Å²) in [5, 5.41) is 2.91. The van der Waals surface area contributed by atoms with Gasteiger partial charge >= 0.3 is 0 Å². The molecule has 1 aromatic carbocycles. The number of nitrogens with zero attached hydrogens (tertiary/aromatic N) is 1. The molecule has 8 heteroatoms. The van der Waals surface area contributed by atoms with Gasteiger partial charge in [-0.2, -0.15) is 0 Å². The second kappa shape index (κ2) is 8.87. The highest BCUT2D eigenvalue weighted by molar-refractivity contribution is 7.90. The fourth-order valence-corrected chi connectivity index (χ4v) is 3.40. The summed E-state index contributed by atoms with van der Waals surface area (Å²) in [5.41, 5.74) is 2.50. The van der Waals surface area contributed by atoms with Gasteiger partial charge in [0.2, 0.25) is 21.8 Å². The Morgan fingerprint density at radius 2 is 2.00 bits per heavy atom. The Morgan fingerprint density at radius 3 is 2.57 bits per heavy atom. The minimum atomic E-state index is -3.37. The fraction of sp³-hybridized carbons (Fsp3) is 0.500. The van der Waals surface area contributed by atoms with Crippen molar-refractivity contribution in [3.63, 3.8) is 0 Å². The Hall–Kier alpha value is -2.19. The van der Waals surface area contributed by atoms with Crippen LogP contribution in [0.1, 0.15) is 46.1 Å². The summed E-state index contributed by atoms with van der Waals surface area (Å²) in [4.78, 5) is 16.4. The lowest BCUT2D eigenvalue weighted by Gasteiger charge is -2.21. The zero-order valence-corrected chi connectivity index (χ0v) is 17.9. The number of benzene rings is 1. The Bertz CT molecular complexity index is 900. The number of carbonyl (C=O) groups is 1. The van der Waals surface area contributed by atoms with Crippen molar-refractivity contribution in [2.45, 2.75) is 52.2 Å². The highest BCUT2D eigenvalue weighted by Crippen LogP contribution is 2.24. The first-order valence-electron chi connectivity index (χ1n) is 9.29. The lowest BCUT2D eigenvalue weighted by Crippen LogP contribution is -2.41. The number of rotatable bonds is 8. The van der Waals surface area contributed by atoms with Gasteiger partial charge in [-0.15, -0.1) is 0 Å². The van der Waals surface area contributed by atoms with Crippen molar-refractivity contribution in [3.8, 4) is 11.5 Å². The molecule has 7 nitrogen and oxygen atoms in total. The van der Waals surface area contributed by atoms with Crippen molar-refractivity contribution >= 4 is 21.6 Å². The van der Waals surface area contributed by atoms with Crippen LogP contribution >= 0.6 is 0 Å². The van der Waals surface area contributed by atoms with Crippen molar-refractivity contribution < 1.29 is 17.6 Å². The lowest BCUT2D eigenvalue weighted by atomic mass is 10.1. The van der Waals surface area contributed by atoms with Gasteiger partial charge in [-0.05, 0) is 63.8 Å². The summed E-state index contributed by atoms with van der Waals surface area (Å²) in [6.45, 7) is 9.12. The van der Waals surface area contributed by atoms with Crippen LogP contribution in [0.15, 0.2) is 35.1 Å². The Balaban J connectivity index is 1.84. The molecule has 1 atom stereocenters. The van der Waals surface area contributed by atoms with E-state index in [0.29, 0.717) is 25.3 Å². The molecule has 0 radical (unpaired) electrons. The molecule has 1 unspecified atom stereocenters. The molecule has 0 saturated heterocycles. The molecular weight excluding hydrogens is 378 g/mol. The second-order valence-electron chi connectivity index (χ2n) is 8.02. The zero-order valence-electron chi connectivity index (χ0n) is 17.1. The van der Waals surface area contributed by atoms with Gasteiger partial charge in [-0.25, -0.2) is 18.1 Å². The third kappa shape index (κ3) is 5.90. The molecule has 0 aliphatic carbocycles. The van der Waals surface area contributed by atoms with Crippen LogP contribution in [-0.2, 0) is 14.8 Å². The minimum absolute atomic E-state index is 0.0522. The molecule has 1 aromatic heterocycles. The number of aromatic nitrogens is 1. The molecule has 0 aliphatic rings. The Kier molecular flexibility index (Phi) is 7.01. The molecule has 2 aromatic rings. The first-order valence-corrected chi connectivity index (χ1v) is 10.8. The van der Waals surface area contributed by atoms with Gasteiger partial charge in [-0.3, -0.25) is 4.79 Å². The zero-order chi connectivity index (χ0) is 20.9. The average molecular weight is 408 g/mol. The number of carbonyl (C=O) groups excluding carboxylic acids is 1. The van der Waals surface area contributed by atoms with E-state index in [9.17, 15) is 13.2 Å². The highest BCUT2D eigenvalue weighted by atomic mass is 32.2. The first-order chi connectivity index (χ1) is 13.0. The topological polar surface area (TPSA) is 101 Å². The normalized spacial score (nSPS) is 13.3. The standard InChI is InChI=1S/C20H29N3O4S/c1-14(13-22-28(25,26)20(3,4)5)6-9-18(24)23-17-8-7-16(12-15(17)2)19-21-10-11-27-19/h7-8,10-12,14,22H,6,9,13H2,1-5H3,(H,23,24). The lowest BCUT2D eigenvalue weighted by molar-refractivity contribution is -0.116. The van der Waals surface area contributed by atoms with E-state index >= 15 is 0 Å². The molecular formula is C20H29N3O4S. The van der Waals surface area contributed by atoms with Gasteiger partial charge in [0.15, 0.2) is 0 Å². The predicted octanol–water partition coefficient (Wildman–Crippen LogP) is 3.72. The van der Waals surface area contributed by atoms with Gasteiger partial charge in [0.05, 0.1) is 10.9 Å². The maximum atomic E-state index is 12.3. The van der Waals surface area contributed by atoms with Crippen molar-refractivity contribution in [2.75, 3.05) is 11.9 Å². The third-order valence-electron chi connectivity index (χ3n) is 4.47. The number of sulfonamides is 1. The van der Waals surface area contributed by atoms with Gasteiger partial charge in [0.1, 0.15) is 6.26 Å². The number of aryl methyl sites for hydroxylation is 1. The van der Waals surface area contributed by atoms with E-state index in [4.69, 9.17) is 4.42 Å². The number of oxazole rings is 1. The van der Waals surface area contributed by atoms with Gasteiger partial charge in [-0.1, -0.05) is 6.92 Å². The first kappa shape index (κ1) is 22.1. The molecule has 1 heterocycles. The summed E-state index contributed by atoms with van der Waals surface area (Å²) < 4.78 is 31.2. The predicted molar refractivity (Wildman–Crippen MR) is 110 cm³/mol. The smallest absolute Gasteiger partial charge is 0.225 e. The average Bonchev–Trinajstić information content (AvgIpc) is 3.13. The van der Waals surface area contributed by atoms with Gasteiger partial charge < -0.3 is 9.73 Å². The summed E-state index contributed by atoms with van der Waals surface area (Å²) >= 11 is 0. The molecule has 2 rings (SSSR count). The van der Waals surface area contributed by atoms with Crippen LogP contribution < -0.4 is 10.0 Å². The molecule has 0 saturated carbocycles. The number of anilines is 1. The number of amides is 1. The van der Waals surface area contributed by atoms with Crippen LogP contribution in [-0.4, -0.2) is 30.6 Å². The minimum Gasteiger partial charge on any atom is -0.445 e. The van der Waals surface area contributed by atoms with Crippen LogP contribution in [0.5, 0.6) is 0 Å². The second-order valence-corrected chi connectivity index (χ2v) is 10.5. The fourth-order valence-electron chi connectivity index (χ4n) is 2.46. The monoisotopic (exact) mass is 407 g/mol. The summed E-state index contributed by atoms with van der Waals surface area (Å²) in [6.07, 6.45) is 4.01. The van der Waals surface area contributed by atoms with Crippen LogP contribution in [0.25, 0.3) is 11.5 Å². The van der Waals surface area contributed by atoms with Crippen LogP contribution in [0.4, 0.5) is 5.69 Å².